The molecule has 0 amide bonds. The van der Waals surface area contributed by atoms with Gasteiger partial charge in [0.25, 0.3) is 0 Å². The predicted molar refractivity (Wildman–Crippen MR) is 95.1 cm³/mol. The normalized spacial score (nSPS) is 10.6. The molecular weight excluding hydrogens is 304 g/mol. The lowest BCUT2D eigenvalue weighted by Gasteiger charge is -2.10. The van der Waals surface area contributed by atoms with Gasteiger partial charge in [-0.1, -0.05) is 0 Å². The minimum atomic E-state index is -0.0750. The molecule has 0 aliphatic rings. The van der Waals surface area contributed by atoms with Gasteiger partial charge in [-0.15, -0.1) is 0 Å². The van der Waals surface area contributed by atoms with Crippen molar-refractivity contribution in [3.63, 3.8) is 0 Å². The number of carbonyl (C=O) groups is 1. The molecular formula is C20H22O4. The molecule has 0 aromatic heterocycles. The molecule has 0 N–H and O–H groups in total. The highest BCUT2D eigenvalue weighted by Crippen LogP contribution is 2.26. The van der Waals surface area contributed by atoms with Crippen molar-refractivity contribution in [1.29, 1.82) is 0 Å². The Balaban J connectivity index is 2.18. The van der Waals surface area contributed by atoms with Crippen LogP contribution in [0.5, 0.6) is 17.2 Å². The van der Waals surface area contributed by atoms with Gasteiger partial charge in [0.1, 0.15) is 17.2 Å². The summed E-state index contributed by atoms with van der Waals surface area (Å²) in [4.78, 5) is 12.3. The van der Waals surface area contributed by atoms with E-state index in [4.69, 9.17) is 14.2 Å². The van der Waals surface area contributed by atoms with Crippen molar-refractivity contribution in [2.24, 2.45) is 0 Å². The first-order valence-electron chi connectivity index (χ1n) is 7.94. The summed E-state index contributed by atoms with van der Waals surface area (Å²) in [5.41, 5.74) is 1.44. The van der Waals surface area contributed by atoms with Crippen LogP contribution in [-0.4, -0.2) is 26.1 Å². The Bertz CT molecular complexity index is 702. The molecule has 0 unspecified atom stereocenters. The molecule has 0 aliphatic heterocycles. The third-order valence-corrected chi connectivity index (χ3v) is 3.38. The number of ether oxygens (including phenoxy) is 3. The Labute approximate surface area is 142 Å². The van der Waals surface area contributed by atoms with E-state index < -0.39 is 0 Å². The monoisotopic (exact) mass is 326 g/mol. The van der Waals surface area contributed by atoms with Gasteiger partial charge < -0.3 is 14.2 Å². The quantitative estimate of drug-likeness (QED) is 0.533. The molecule has 0 spiro atoms. The number of carbonyl (C=O) groups excluding carboxylic acids is 1. The summed E-state index contributed by atoms with van der Waals surface area (Å²) < 4.78 is 16.2. The number of benzene rings is 2. The van der Waals surface area contributed by atoms with Gasteiger partial charge in [0.15, 0.2) is 5.78 Å². The zero-order valence-corrected chi connectivity index (χ0v) is 14.2. The average Bonchev–Trinajstić information content (AvgIpc) is 2.61. The Morgan fingerprint density at radius 1 is 0.958 bits per heavy atom. The summed E-state index contributed by atoms with van der Waals surface area (Å²) in [6.45, 7) is 4.99. The molecule has 24 heavy (non-hydrogen) atoms. The second kappa shape index (κ2) is 8.77. The van der Waals surface area contributed by atoms with Crippen LogP contribution < -0.4 is 14.2 Å². The van der Waals surface area contributed by atoms with Gasteiger partial charge in [0, 0.05) is 17.2 Å². The van der Waals surface area contributed by atoms with Crippen molar-refractivity contribution in [2.75, 3.05) is 20.3 Å². The maximum atomic E-state index is 12.3. The van der Waals surface area contributed by atoms with Crippen LogP contribution in [-0.2, 0) is 0 Å². The second-order valence-electron chi connectivity index (χ2n) is 4.99. The average molecular weight is 326 g/mol. The molecule has 0 saturated carbocycles. The van der Waals surface area contributed by atoms with Crippen molar-refractivity contribution < 1.29 is 19.0 Å². The molecule has 4 heteroatoms. The summed E-state index contributed by atoms with van der Waals surface area (Å²) in [6.07, 6.45) is 3.30. The van der Waals surface area contributed by atoms with Gasteiger partial charge in [0.05, 0.1) is 20.3 Å². The first-order valence-corrected chi connectivity index (χ1v) is 7.94. The van der Waals surface area contributed by atoms with Crippen LogP contribution in [0.1, 0.15) is 29.8 Å². The zero-order chi connectivity index (χ0) is 17.4. The molecule has 0 atom stereocenters. The molecule has 4 nitrogen and oxygen atoms in total. The molecule has 0 saturated heterocycles. The van der Waals surface area contributed by atoms with Crippen molar-refractivity contribution in [1.82, 2.24) is 0 Å². The fourth-order valence-corrected chi connectivity index (χ4v) is 2.21. The molecule has 0 aliphatic carbocycles. The maximum absolute atomic E-state index is 12.3. The van der Waals surface area contributed by atoms with E-state index in [9.17, 15) is 4.79 Å². The van der Waals surface area contributed by atoms with Crippen LogP contribution in [0.3, 0.4) is 0 Å². The standard InChI is InChI=1S/C20H22O4/c1-4-23-18-12-8-16(20(14-18)24-5-2)9-13-19(21)15-6-10-17(22-3)11-7-15/h6-14H,4-5H2,1-3H3. The minimum absolute atomic E-state index is 0.0750. The molecule has 126 valence electrons. The van der Waals surface area contributed by atoms with Crippen molar-refractivity contribution >= 4 is 11.9 Å². The third kappa shape index (κ3) is 4.62. The first kappa shape index (κ1) is 17.6. The molecule has 0 heterocycles. The van der Waals surface area contributed by atoms with Gasteiger partial charge in [-0.3, -0.25) is 4.79 Å². The van der Waals surface area contributed by atoms with E-state index in [2.05, 4.69) is 0 Å². The Kier molecular flexibility index (Phi) is 6.43. The fraction of sp³-hybridized carbons (Fsp3) is 0.250. The fourth-order valence-electron chi connectivity index (χ4n) is 2.21. The van der Waals surface area contributed by atoms with Crippen LogP contribution in [0.4, 0.5) is 0 Å². The van der Waals surface area contributed by atoms with Crippen molar-refractivity contribution in [3.8, 4) is 17.2 Å². The predicted octanol–water partition coefficient (Wildman–Crippen LogP) is 4.39. The van der Waals surface area contributed by atoms with E-state index in [0.717, 1.165) is 17.1 Å². The van der Waals surface area contributed by atoms with Crippen LogP contribution in [0, 0.1) is 0 Å². The number of allylic oxidation sites excluding steroid dienone is 1. The number of methoxy groups -OCH3 is 1. The Morgan fingerprint density at radius 2 is 1.62 bits per heavy atom. The molecule has 2 aromatic rings. The smallest absolute Gasteiger partial charge is 0.185 e. The molecule has 0 radical (unpaired) electrons. The summed E-state index contributed by atoms with van der Waals surface area (Å²) in [6, 6.07) is 12.6. The highest BCUT2D eigenvalue weighted by atomic mass is 16.5. The third-order valence-electron chi connectivity index (χ3n) is 3.38. The lowest BCUT2D eigenvalue weighted by Crippen LogP contribution is -1.98. The van der Waals surface area contributed by atoms with E-state index in [1.807, 2.05) is 32.0 Å². The highest BCUT2D eigenvalue weighted by molar-refractivity contribution is 6.07. The number of rotatable bonds is 8. The van der Waals surface area contributed by atoms with Gasteiger partial charge in [0.2, 0.25) is 0 Å². The van der Waals surface area contributed by atoms with Crippen molar-refractivity contribution in [3.05, 3.63) is 59.7 Å². The summed E-state index contributed by atoms with van der Waals surface area (Å²) >= 11 is 0. The second-order valence-corrected chi connectivity index (χ2v) is 4.99. The largest absolute Gasteiger partial charge is 0.497 e. The summed E-state index contributed by atoms with van der Waals surface area (Å²) in [5, 5.41) is 0. The van der Waals surface area contributed by atoms with Crippen LogP contribution >= 0.6 is 0 Å². The Hall–Kier alpha value is -2.75. The molecule has 2 rings (SSSR count). The molecule has 0 fully saturated rings. The van der Waals surface area contributed by atoms with Crippen LogP contribution in [0.25, 0.3) is 6.08 Å². The van der Waals surface area contributed by atoms with Crippen LogP contribution in [0.15, 0.2) is 48.5 Å². The number of hydrogen-bond donors (Lipinski definition) is 0. The number of ketones is 1. The SMILES string of the molecule is CCOc1ccc(C=CC(=O)c2ccc(OC)cc2)c(OCC)c1. The van der Waals surface area contributed by atoms with Gasteiger partial charge in [-0.25, -0.2) is 0 Å². The van der Waals surface area contributed by atoms with Crippen molar-refractivity contribution in [2.45, 2.75) is 13.8 Å². The molecule has 0 bridgehead atoms. The van der Waals surface area contributed by atoms with E-state index in [0.29, 0.717) is 24.5 Å². The Morgan fingerprint density at radius 3 is 2.25 bits per heavy atom. The topological polar surface area (TPSA) is 44.8 Å². The zero-order valence-electron chi connectivity index (χ0n) is 14.2. The van der Waals surface area contributed by atoms with Gasteiger partial charge >= 0.3 is 0 Å². The van der Waals surface area contributed by atoms with E-state index in [-0.39, 0.29) is 5.78 Å². The lowest BCUT2D eigenvalue weighted by atomic mass is 10.1. The molecule has 2 aromatic carbocycles. The van der Waals surface area contributed by atoms with Crippen LogP contribution in [0.2, 0.25) is 0 Å². The van der Waals surface area contributed by atoms with E-state index in [1.165, 1.54) is 0 Å². The lowest BCUT2D eigenvalue weighted by molar-refractivity contribution is 0.104. The summed E-state index contributed by atoms with van der Waals surface area (Å²) in [7, 11) is 1.60. The number of hydrogen-bond acceptors (Lipinski definition) is 4. The van der Waals surface area contributed by atoms with Gasteiger partial charge in [-0.2, -0.15) is 0 Å². The van der Waals surface area contributed by atoms with E-state index in [1.54, 1.807) is 43.5 Å². The van der Waals surface area contributed by atoms with Gasteiger partial charge in [-0.05, 0) is 62.4 Å². The van der Waals surface area contributed by atoms with E-state index >= 15 is 0 Å². The first-order chi connectivity index (χ1) is 11.7. The minimum Gasteiger partial charge on any atom is -0.497 e. The maximum Gasteiger partial charge on any atom is 0.185 e. The summed E-state index contributed by atoms with van der Waals surface area (Å²) in [5.74, 6) is 2.09. The highest BCUT2D eigenvalue weighted by Gasteiger charge is 2.06.